The van der Waals surface area contributed by atoms with Crippen molar-refractivity contribution in [1.29, 1.82) is 0 Å². The van der Waals surface area contributed by atoms with Crippen LogP contribution < -0.4 is 4.74 Å². The van der Waals surface area contributed by atoms with Gasteiger partial charge in [0.25, 0.3) is 0 Å². The SMILES string of the molecule is COc1ccc(C(C)=O)cc1CC(=O)N1CCCC1c1ccsc1. The summed E-state index contributed by atoms with van der Waals surface area (Å²) in [6, 6.07) is 7.54. The number of amides is 1. The standard InChI is InChI=1S/C19H21NO3S/c1-13(21)14-5-6-18(23-2)16(10-14)11-19(22)20-8-3-4-17(20)15-7-9-24-12-15/h5-7,9-10,12,17H,3-4,8,11H2,1-2H3. The van der Waals surface area contributed by atoms with Gasteiger partial charge in [0.2, 0.25) is 5.91 Å². The van der Waals surface area contributed by atoms with Gasteiger partial charge in [-0.1, -0.05) is 0 Å². The third-order valence-corrected chi connectivity index (χ3v) is 5.23. The van der Waals surface area contributed by atoms with Crippen molar-refractivity contribution in [2.45, 2.75) is 32.2 Å². The van der Waals surface area contributed by atoms with E-state index in [0.717, 1.165) is 24.9 Å². The van der Waals surface area contributed by atoms with Gasteiger partial charge in [-0.05, 0) is 60.4 Å². The molecule has 0 saturated carbocycles. The van der Waals surface area contributed by atoms with Crippen LogP contribution in [0.5, 0.6) is 5.75 Å². The molecule has 0 N–H and O–H groups in total. The van der Waals surface area contributed by atoms with Gasteiger partial charge in [0, 0.05) is 17.7 Å². The molecule has 1 atom stereocenters. The van der Waals surface area contributed by atoms with E-state index in [2.05, 4.69) is 16.8 Å². The Morgan fingerprint density at radius 1 is 1.33 bits per heavy atom. The fourth-order valence-electron chi connectivity index (χ4n) is 3.28. The van der Waals surface area contributed by atoms with Crippen LogP contribution in [0.25, 0.3) is 0 Å². The van der Waals surface area contributed by atoms with Crippen molar-refractivity contribution in [2.24, 2.45) is 0 Å². The molecule has 2 heterocycles. The third kappa shape index (κ3) is 3.36. The molecule has 4 nitrogen and oxygen atoms in total. The number of nitrogens with zero attached hydrogens (tertiary/aromatic N) is 1. The lowest BCUT2D eigenvalue weighted by atomic mass is 10.0. The first-order valence-electron chi connectivity index (χ1n) is 8.09. The molecule has 1 fully saturated rings. The summed E-state index contributed by atoms with van der Waals surface area (Å²) >= 11 is 1.66. The Bertz CT molecular complexity index is 739. The van der Waals surface area contributed by atoms with Gasteiger partial charge in [0.05, 0.1) is 19.6 Å². The van der Waals surface area contributed by atoms with Crippen LogP contribution in [0.15, 0.2) is 35.0 Å². The number of Topliss-reactive ketones (excluding diaryl/α,β-unsaturated/α-hetero) is 1. The molecule has 1 aliphatic heterocycles. The van der Waals surface area contributed by atoms with Crippen LogP contribution in [-0.4, -0.2) is 30.2 Å². The second kappa shape index (κ2) is 7.18. The number of likely N-dealkylation sites (tertiary alicyclic amines) is 1. The number of methoxy groups -OCH3 is 1. The molecule has 126 valence electrons. The molecular formula is C19H21NO3S. The molecule has 1 aromatic heterocycles. The molecule has 0 radical (unpaired) electrons. The maximum Gasteiger partial charge on any atom is 0.227 e. The van der Waals surface area contributed by atoms with Crippen molar-refractivity contribution < 1.29 is 14.3 Å². The summed E-state index contributed by atoms with van der Waals surface area (Å²) in [6.45, 7) is 2.31. The molecule has 0 aliphatic carbocycles. The van der Waals surface area contributed by atoms with E-state index < -0.39 is 0 Å². The van der Waals surface area contributed by atoms with Gasteiger partial charge in [-0.3, -0.25) is 9.59 Å². The number of ether oxygens (including phenoxy) is 1. The molecule has 2 aromatic rings. The van der Waals surface area contributed by atoms with Crippen LogP contribution in [-0.2, 0) is 11.2 Å². The minimum Gasteiger partial charge on any atom is -0.496 e. The van der Waals surface area contributed by atoms with Crippen molar-refractivity contribution in [3.63, 3.8) is 0 Å². The average molecular weight is 343 g/mol. The van der Waals surface area contributed by atoms with Crippen LogP contribution >= 0.6 is 11.3 Å². The van der Waals surface area contributed by atoms with Gasteiger partial charge in [-0.2, -0.15) is 11.3 Å². The molecule has 5 heteroatoms. The van der Waals surface area contributed by atoms with E-state index in [9.17, 15) is 9.59 Å². The summed E-state index contributed by atoms with van der Waals surface area (Å²) in [5.74, 6) is 0.728. The van der Waals surface area contributed by atoms with Gasteiger partial charge >= 0.3 is 0 Å². The number of rotatable bonds is 5. The highest BCUT2D eigenvalue weighted by molar-refractivity contribution is 7.08. The summed E-state index contributed by atoms with van der Waals surface area (Å²) in [5, 5.41) is 4.17. The average Bonchev–Trinajstić information content (AvgIpc) is 3.25. The normalized spacial score (nSPS) is 17.1. The van der Waals surface area contributed by atoms with Crippen molar-refractivity contribution in [1.82, 2.24) is 4.90 Å². The van der Waals surface area contributed by atoms with Gasteiger partial charge in [0.1, 0.15) is 5.75 Å². The topological polar surface area (TPSA) is 46.6 Å². The summed E-state index contributed by atoms with van der Waals surface area (Å²) < 4.78 is 5.36. The molecule has 1 aromatic carbocycles. The van der Waals surface area contributed by atoms with Gasteiger partial charge in [-0.25, -0.2) is 0 Å². The lowest BCUT2D eigenvalue weighted by molar-refractivity contribution is -0.131. The first-order valence-corrected chi connectivity index (χ1v) is 9.04. The minimum atomic E-state index is -0.0105. The molecule has 0 bridgehead atoms. The number of hydrogen-bond acceptors (Lipinski definition) is 4. The molecule has 1 aliphatic rings. The van der Waals surface area contributed by atoms with Crippen LogP contribution in [0.3, 0.4) is 0 Å². The Morgan fingerprint density at radius 2 is 2.17 bits per heavy atom. The highest BCUT2D eigenvalue weighted by Crippen LogP contribution is 2.34. The Kier molecular flexibility index (Phi) is 5.00. The Balaban J connectivity index is 1.81. The van der Waals surface area contributed by atoms with E-state index in [1.54, 1.807) is 36.6 Å². The largest absolute Gasteiger partial charge is 0.496 e. The van der Waals surface area contributed by atoms with Crippen molar-refractivity contribution in [3.05, 3.63) is 51.7 Å². The Labute approximate surface area is 146 Å². The van der Waals surface area contributed by atoms with Gasteiger partial charge in [0.15, 0.2) is 5.78 Å². The fourth-order valence-corrected chi connectivity index (χ4v) is 3.98. The zero-order valence-electron chi connectivity index (χ0n) is 14.0. The molecule has 1 saturated heterocycles. The fraction of sp³-hybridized carbons (Fsp3) is 0.368. The summed E-state index contributed by atoms with van der Waals surface area (Å²) in [6.07, 6.45) is 2.29. The van der Waals surface area contributed by atoms with Crippen molar-refractivity contribution in [3.8, 4) is 5.75 Å². The highest BCUT2D eigenvalue weighted by atomic mass is 32.1. The number of thiophene rings is 1. The predicted molar refractivity (Wildman–Crippen MR) is 94.7 cm³/mol. The smallest absolute Gasteiger partial charge is 0.227 e. The van der Waals surface area contributed by atoms with Gasteiger partial charge in [-0.15, -0.1) is 0 Å². The second-order valence-electron chi connectivity index (χ2n) is 6.06. The lowest BCUT2D eigenvalue weighted by Crippen LogP contribution is -2.31. The minimum absolute atomic E-state index is 0.0105. The maximum absolute atomic E-state index is 12.9. The number of benzene rings is 1. The monoisotopic (exact) mass is 343 g/mol. The number of carbonyl (C=O) groups is 2. The van der Waals surface area contributed by atoms with E-state index in [0.29, 0.717) is 11.3 Å². The third-order valence-electron chi connectivity index (χ3n) is 4.53. The maximum atomic E-state index is 12.9. The van der Waals surface area contributed by atoms with Crippen LogP contribution in [0.1, 0.15) is 47.3 Å². The Hall–Kier alpha value is -2.14. The van der Waals surface area contributed by atoms with Crippen molar-refractivity contribution >= 4 is 23.0 Å². The molecule has 0 spiro atoms. The van der Waals surface area contributed by atoms with E-state index in [-0.39, 0.29) is 24.2 Å². The molecule has 3 rings (SSSR count). The lowest BCUT2D eigenvalue weighted by Gasteiger charge is -2.24. The molecular weight excluding hydrogens is 322 g/mol. The van der Waals surface area contributed by atoms with E-state index >= 15 is 0 Å². The van der Waals surface area contributed by atoms with Crippen molar-refractivity contribution in [2.75, 3.05) is 13.7 Å². The zero-order valence-corrected chi connectivity index (χ0v) is 14.8. The Morgan fingerprint density at radius 3 is 2.83 bits per heavy atom. The summed E-state index contributed by atoms with van der Waals surface area (Å²) in [4.78, 5) is 26.4. The number of carbonyl (C=O) groups excluding carboxylic acids is 2. The summed E-state index contributed by atoms with van der Waals surface area (Å²) in [7, 11) is 1.58. The van der Waals surface area contributed by atoms with E-state index in [4.69, 9.17) is 4.74 Å². The quantitative estimate of drug-likeness (QED) is 0.774. The van der Waals surface area contributed by atoms with Gasteiger partial charge < -0.3 is 9.64 Å². The predicted octanol–water partition coefficient (Wildman–Crippen LogP) is 3.87. The molecule has 1 unspecified atom stereocenters. The first kappa shape index (κ1) is 16.7. The van der Waals surface area contributed by atoms with Crippen LogP contribution in [0.2, 0.25) is 0 Å². The van der Waals surface area contributed by atoms with E-state index in [1.165, 1.54) is 12.5 Å². The first-order chi connectivity index (χ1) is 11.6. The highest BCUT2D eigenvalue weighted by Gasteiger charge is 2.30. The van der Waals surface area contributed by atoms with E-state index in [1.807, 2.05) is 4.90 Å². The van der Waals surface area contributed by atoms with Crippen LogP contribution in [0.4, 0.5) is 0 Å². The summed E-state index contributed by atoms with van der Waals surface area (Å²) in [5.41, 5.74) is 2.59. The molecule has 24 heavy (non-hydrogen) atoms. The van der Waals surface area contributed by atoms with Crippen LogP contribution in [0, 0.1) is 0 Å². The number of hydrogen-bond donors (Lipinski definition) is 0. The molecule has 1 amide bonds. The number of ketones is 1. The second-order valence-corrected chi connectivity index (χ2v) is 6.84. The zero-order chi connectivity index (χ0) is 17.1.